The fourth-order valence-electron chi connectivity index (χ4n) is 2.73. The molecule has 1 aromatic carbocycles. The Hall–Kier alpha value is -3.00. The third kappa shape index (κ3) is 3.82. The maximum Gasteiger partial charge on any atom is 0.341 e. The molecule has 7 nitrogen and oxygen atoms in total. The molecule has 0 aliphatic heterocycles. The third-order valence-corrected chi connectivity index (χ3v) is 5.71. The lowest BCUT2D eigenvalue weighted by Gasteiger charge is -2.06. The van der Waals surface area contributed by atoms with Gasteiger partial charge in [0.15, 0.2) is 6.61 Å². The van der Waals surface area contributed by atoms with E-state index in [0.717, 1.165) is 28.8 Å². The van der Waals surface area contributed by atoms with Crippen molar-refractivity contribution in [3.8, 4) is 11.5 Å². The Morgan fingerprint density at radius 1 is 1.21 bits per heavy atom. The van der Waals surface area contributed by atoms with Crippen molar-refractivity contribution in [3.05, 3.63) is 52.2 Å². The molecule has 0 atom stereocenters. The zero-order valence-electron chi connectivity index (χ0n) is 15.5. The van der Waals surface area contributed by atoms with E-state index in [2.05, 4.69) is 15.5 Å². The van der Waals surface area contributed by atoms with Crippen LogP contribution in [-0.4, -0.2) is 22.1 Å². The SMILES string of the molecule is Cc1sc(NC(=O)C2CC2)c(C(=O)OCc2nnc(-c3ccccc3)o2)c1C. The van der Waals surface area contributed by atoms with Gasteiger partial charge in [-0.1, -0.05) is 18.2 Å². The van der Waals surface area contributed by atoms with E-state index in [4.69, 9.17) is 9.15 Å². The van der Waals surface area contributed by atoms with Gasteiger partial charge in [0.2, 0.25) is 11.8 Å². The van der Waals surface area contributed by atoms with E-state index in [1.54, 1.807) is 0 Å². The summed E-state index contributed by atoms with van der Waals surface area (Å²) >= 11 is 1.38. The van der Waals surface area contributed by atoms with Gasteiger partial charge in [-0.05, 0) is 44.4 Å². The highest BCUT2D eigenvalue weighted by Crippen LogP contribution is 2.36. The molecular formula is C20H19N3O4S. The van der Waals surface area contributed by atoms with E-state index in [9.17, 15) is 9.59 Å². The van der Waals surface area contributed by atoms with Gasteiger partial charge in [-0.2, -0.15) is 0 Å². The molecule has 0 unspecified atom stereocenters. The van der Waals surface area contributed by atoms with Crippen LogP contribution in [0.4, 0.5) is 5.00 Å². The van der Waals surface area contributed by atoms with Gasteiger partial charge in [0.25, 0.3) is 5.89 Å². The van der Waals surface area contributed by atoms with Crippen LogP contribution in [-0.2, 0) is 16.1 Å². The fraction of sp³-hybridized carbons (Fsp3) is 0.300. The zero-order chi connectivity index (χ0) is 19.7. The molecule has 0 radical (unpaired) electrons. The molecule has 144 valence electrons. The lowest BCUT2D eigenvalue weighted by atomic mass is 10.1. The van der Waals surface area contributed by atoms with Gasteiger partial charge >= 0.3 is 5.97 Å². The average Bonchev–Trinajstić information content (AvgIpc) is 3.38. The average molecular weight is 397 g/mol. The Balaban J connectivity index is 1.45. The first-order chi connectivity index (χ1) is 13.5. The molecule has 8 heteroatoms. The molecular weight excluding hydrogens is 378 g/mol. The van der Waals surface area contributed by atoms with E-state index in [1.807, 2.05) is 44.2 Å². The summed E-state index contributed by atoms with van der Waals surface area (Å²) in [5.74, 6) is 0.0699. The summed E-state index contributed by atoms with van der Waals surface area (Å²) in [6.45, 7) is 3.62. The summed E-state index contributed by atoms with van der Waals surface area (Å²) in [5, 5.41) is 11.3. The van der Waals surface area contributed by atoms with Crippen LogP contribution in [0.15, 0.2) is 34.7 Å². The van der Waals surface area contributed by atoms with Crippen LogP contribution in [0, 0.1) is 19.8 Å². The number of hydrogen-bond acceptors (Lipinski definition) is 7. The lowest BCUT2D eigenvalue weighted by molar-refractivity contribution is -0.117. The van der Waals surface area contributed by atoms with E-state index in [0.29, 0.717) is 16.5 Å². The van der Waals surface area contributed by atoms with E-state index < -0.39 is 5.97 Å². The standard InChI is InChI=1S/C20H19N3O4S/c1-11-12(2)28-19(21-17(24)13-8-9-13)16(11)20(25)26-10-15-22-23-18(27-15)14-6-4-3-5-7-14/h3-7,13H,8-10H2,1-2H3,(H,21,24). The number of ether oxygens (including phenoxy) is 1. The number of aryl methyl sites for hydroxylation is 1. The summed E-state index contributed by atoms with van der Waals surface area (Å²) in [5.41, 5.74) is 1.98. The number of amides is 1. The Morgan fingerprint density at radius 3 is 2.68 bits per heavy atom. The number of carbonyl (C=O) groups excluding carboxylic acids is 2. The number of esters is 1. The number of hydrogen-bond donors (Lipinski definition) is 1. The lowest BCUT2D eigenvalue weighted by Crippen LogP contribution is -2.16. The largest absolute Gasteiger partial charge is 0.452 e. The van der Waals surface area contributed by atoms with Crippen LogP contribution in [0.2, 0.25) is 0 Å². The summed E-state index contributed by atoms with van der Waals surface area (Å²) in [6.07, 6.45) is 1.80. The highest BCUT2D eigenvalue weighted by molar-refractivity contribution is 7.16. The minimum atomic E-state index is -0.521. The van der Waals surface area contributed by atoms with Crippen LogP contribution in [0.5, 0.6) is 0 Å². The maximum atomic E-state index is 12.7. The Morgan fingerprint density at radius 2 is 1.96 bits per heavy atom. The normalized spacial score (nSPS) is 13.4. The predicted octanol–water partition coefficient (Wildman–Crippen LogP) is 4.12. The van der Waals surface area contributed by atoms with Gasteiger partial charge in [0, 0.05) is 16.4 Å². The number of nitrogens with zero attached hydrogens (tertiary/aromatic N) is 2. The number of rotatable bonds is 6. The van der Waals surface area contributed by atoms with Crippen molar-refractivity contribution >= 4 is 28.2 Å². The number of nitrogens with one attached hydrogen (secondary N) is 1. The second-order valence-electron chi connectivity index (χ2n) is 6.69. The second kappa shape index (κ2) is 7.55. The number of carbonyl (C=O) groups is 2. The van der Waals surface area contributed by atoms with Gasteiger partial charge in [0.1, 0.15) is 5.00 Å². The smallest absolute Gasteiger partial charge is 0.341 e. The van der Waals surface area contributed by atoms with Gasteiger partial charge in [0.05, 0.1) is 5.56 Å². The van der Waals surface area contributed by atoms with E-state index in [-0.39, 0.29) is 24.3 Å². The highest BCUT2D eigenvalue weighted by atomic mass is 32.1. The summed E-state index contributed by atoms with van der Waals surface area (Å²) in [4.78, 5) is 25.7. The summed E-state index contributed by atoms with van der Waals surface area (Å²) in [7, 11) is 0. The van der Waals surface area contributed by atoms with Crippen LogP contribution in [0.25, 0.3) is 11.5 Å². The molecule has 0 saturated heterocycles. The molecule has 2 heterocycles. The Labute approximate surface area is 165 Å². The molecule has 3 aromatic rings. The molecule has 1 saturated carbocycles. The molecule has 1 amide bonds. The van der Waals surface area contributed by atoms with Crippen LogP contribution in [0.3, 0.4) is 0 Å². The van der Waals surface area contributed by atoms with Crippen molar-refractivity contribution < 1.29 is 18.7 Å². The van der Waals surface area contributed by atoms with Crippen molar-refractivity contribution in [2.45, 2.75) is 33.3 Å². The second-order valence-corrected chi connectivity index (χ2v) is 7.92. The van der Waals surface area contributed by atoms with Gasteiger partial charge in [-0.15, -0.1) is 21.5 Å². The number of aromatic nitrogens is 2. The Bertz CT molecular complexity index is 1020. The molecule has 1 N–H and O–H groups in total. The van der Waals surface area contributed by atoms with Gasteiger partial charge in [-0.3, -0.25) is 4.79 Å². The third-order valence-electron chi connectivity index (χ3n) is 4.59. The summed E-state index contributed by atoms with van der Waals surface area (Å²) in [6, 6.07) is 9.36. The van der Waals surface area contributed by atoms with Crippen molar-refractivity contribution in [2.75, 3.05) is 5.32 Å². The molecule has 4 rings (SSSR count). The summed E-state index contributed by atoms with van der Waals surface area (Å²) < 4.78 is 10.9. The Kier molecular flexibility index (Phi) is 4.95. The predicted molar refractivity (Wildman–Crippen MR) is 104 cm³/mol. The van der Waals surface area contributed by atoms with E-state index >= 15 is 0 Å². The van der Waals surface area contributed by atoms with Crippen molar-refractivity contribution in [2.24, 2.45) is 5.92 Å². The number of thiophene rings is 1. The first-order valence-corrected chi connectivity index (χ1v) is 9.80. The van der Waals surface area contributed by atoms with Crippen molar-refractivity contribution in [1.82, 2.24) is 10.2 Å². The fourth-order valence-corrected chi connectivity index (χ4v) is 3.78. The highest BCUT2D eigenvalue weighted by Gasteiger charge is 2.31. The molecule has 28 heavy (non-hydrogen) atoms. The van der Waals surface area contributed by atoms with E-state index in [1.165, 1.54) is 11.3 Å². The van der Waals surface area contributed by atoms with Crippen LogP contribution in [0.1, 0.15) is 39.5 Å². The molecule has 0 bridgehead atoms. The minimum Gasteiger partial charge on any atom is -0.452 e. The molecule has 1 aliphatic carbocycles. The van der Waals surface area contributed by atoms with Crippen LogP contribution < -0.4 is 5.32 Å². The van der Waals surface area contributed by atoms with Crippen LogP contribution >= 0.6 is 11.3 Å². The molecule has 1 aliphatic rings. The maximum absolute atomic E-state index is 12.7. The number of benzene rings is 1. The van der Waals surface area contributed by atoms with Crippen molar-refractivity contribution in [3.63, 3.8) is 0 Å². The first-order valence-electron chi connectivity index (χ1n) is 8.98. The first kappa shape index (κ1) is 18.4. The zero-order valence-corrected chi connectivity index (χ0v) is 16.3. The number of anilines is 1. The van der Waals surface area contributed by atoms with Crippen molar-refractivity contribution in [1.29, 1.82) is 0 Å². The molecule has 0 spiro atoms. The topological polar surface area (TPSA) is 94.3 Å². The molecule has 2 aromatic heterocycles. The molecule has 1 fully saturated rings. The van der Waals surface area contributed by atoms with Gasteiger partial charge in [-0.25, -0.2) is 4.79 Å². The minimum absolute atomic E-state index is 0.0419. The monoisotopic (exact) mass is 397 g/mol. The quantitative estimate of drug-likeness (QED) is 0.629. The van der Waals surface area contributed by atoms with Gasteiger partial charge < -0.3 is 14.5 Å².